The second-order valence-electron chi connectivity index (χ2n) is 6.10. The molecule has 5 nitrogen and oxygen atoms in total. The van der Waals surface area contributed by atoms with Crippen LogP contribution in [-0.4, -0.2) is 36.2 Å². The van der Waals surface area contributed by atoms with Gasteiger partial charge in [0.25, 0.3) is 0 Å². The first kappa shape index (κ1) is 18.3. The van der Waals surface area contributed by atoms with Crippen molar-refractivity contribution in [2.75, 3.05) is 25.5 Å². The molecule has 0 saturated heterocycles. The second-order valence-corrected chi connectivity index (χ2v) is 6.54. The van der Waals surface area contributed by atoms with E-state index in [4.69, 9.17) is 27.2 Å². The van der Waals surface area contributed by atoms with Crippen LogP contribution in [0.25, 0.3) is 5.57 Å². The van der Waals surface area contributed by atoms with E-state index in [1.165, 1.54) is 0 Å². The zero-order valence-electron chi connectivity index (χ0n) is 14.3. The first-order chi connectivity index (χ1) is 12.6. The van der Waals surface area contributed by atoms with E-state index in [0.29, 0.717) is 23.0 Å². The highest BCUT2D eigenvalue weighted by Crippen LogP contribution is 2.36. The Balaban J connectivity index is 1.92. The molecule has 2 aromatic rings. The summed E-state index contributed by atoms with van der Waals surface area (Å²) in [5, 5.41) is 9.47. The number of hydrogen-bond donors (Lipinski definition) is 2. The lowest BCUT2D eigenvalue weighted by atomic mass is 9.92. The molecule has 0 radical (unpaired) electrons. The minimum Gasteiger partial charge on any atom is -0.491 e. The third kappa shape index (κ3) is 4.00. The summed E-state index contributed by atoms with van der Waals surface area (Å²) in [6, 6.07) is 12.8. The van der Waals surface area contributed by atoms with Crippen molar-refractivity contribution in [2.24, 2.45) is 0 Å². The number of aliphatic hydroxyl groups is 1. The van der Waals surface area contributed by atoms with Gasteiger partial charge in [0.1, 0.15) is 12.4 Å². The molecule has 1 heterocycles. The highest BCUT2D eigenvalue weighted by molar-refractivity contribution is 6.30. The Morgan fingerprint density at radius 1 is 1.27 bits per heavy atom. The standard InChI is InChI=1S/C20H21ClN2O3/c21-16-3-6-19(22)18(12-16)15-7-8-23(13-25)20(11-15)14-1-4-17(5-2-14)26-10-9-24/h1-6,11-13,20,24H,7-10,22H2. The van der Waals surface area contributed by atoms with E-state index >= 15 is 0 Å². The highest BCUT2D eigenvalue weighted by atomic mass is 35.5. The number of nitrogen functional groups attached to an aromatic ring is 1. The van der Waals surface area contributed by atoms with Crippen LogP contribution >= 0.6 is 11.6 Å². The SMILES string of the molecule is Nc1ccc(Cl)cc1C1=CC(c2ccc(OCCO)cc2)N(C=O)CC1. The Bertz CT molecular complexity index is 805. The first-order valence-corrected chi connectivity index (χ1v) is 8.81. The van der Waals surface area contributed by atoms with Crippen LogP contribution in [0.2, 0.25) is 5.02 Å². The van der Waals surface area contributed by atoms with Gasteiger partial charge in [-0.3, -0.25) is 4.79 Å². The van der Waals surface area contributed by atoms with Crippen molar-refractivity contribution in [3.8, 4) is 5.75 Å². The lowest BCUT2D eigenvalue weighted by Crippen LogP contribution is -2.30. The lowest BCUT2D eigenvalue weighted by Gasteiger charge is -2.32. The van der Waals surface area contributed by atoms with Gasteiger partial charge < -0.3 is 20.5 Å². The number of anilines is 1. The molecule has 0 saturated carbocycles. The average Bonchev–Trinajstić information content (AvgIpc) is 2.68. The molecule has 0 aliphatic carbocycles. The summed E-state index contributed by atoms with van der Waals surface area (Å²) in [6.45, 7) is 0.826. The number of carbonyl (C=O) groups excluding carboxylic acids is 1. The third-order valence-corrected chi connectivity index (χ3v) is 4.67. The number of hydrogen-bond acceptors (Lipinski definition) is 4. The maximum Gasteiger partial charge on any atom is 0.210 e. The smallest absolute Gasteiger partial charge is 0.210 e. The number of halogens is 1. The largest absolute Gasteiger partial charge is 0.491 e. The molecule has 1 aliphatic heterocycles. The number of amides is 1. The predicted octanol–water partition coefficient (Wildman–Crippen LogP) is 3.28. The summed E-state index contributed by atoms with van der Waals surface area (Å²) in [4.78, 5) is 13.3. The summed E-state index contributed by atoms with van der Waals surface area (Å²) in [7, 11) is 0. The molecule has 1 unspecified atom stereocenters. The number of ether oxygens (including phenoxy) is 1. The molecular weight excluding hydrogens is 352 g/mol. The van der Waals surface area contributed by atoms with E-state index in [-0.39, 0.29) is 19.3 Å². The fourth-order valence-electron chi connectivity index (χ4n) is 3.12. The molecule has 0 spiro atoms. The average molecular weight is 373 g/mol. The zero-order chi connectivity index (χ0) is 18.5. The fraction of sp³-hybridized carbons (Fsp3) is 0.250. The van der Waals surface area contributed by atoms with Crippen LogP contribution in [0.1, 0.15) is 23.6 Å². The molecule has 6 heteroatoms. The molecule has 1 amide bonds. The monoisotopic (exact) mass is 372 g/mol. The van der Waals surface area contributed by atoms with Gasteiger partial charge in [0, 0.05) is 22.8 Å². The van der Waals surface area contributed by atoms with Crippen molar-refractivity contribution < 1.29 is 14.6 Å². The molecule has 3 N–H and O–H groups in total. The van der Waals surface area contributed by atoms with E-state index in [9.17, 15) is 4.79 Å². The van der Waals surface area contributed by atoms with E-state index in [0.717, 1.165) is 29.5 Å². The van der Waals surface area contributed by atoms with Gasteiger partial charge in [0.15, 0.2) is 0 Å². The van der Waals surface area contributed by atoms with Crippen LogP contribution in [0.15, 0.2) is 48.5 Å². The number of benzene rings is 2. The van der Waals surface area contributed by atoms with Crippen LogP contribution < -0.4 is 10.5 Å². The zero-order valence-corrected chi connectivity index (χ0v) is 15.0. The molecule has 0 fully saturated rings. The summed E-state index contributed by atoms with van der Waals surface area (Å²) >= 11 is 6.12. The van der Waals surface area contributed by atoms with Crippen LogP contribution in [0, 0.1) is 0 Å². The normalized spacial score (nSPS) is 16.9. The van der Waals surface area contributed by atoms with Gasteiger partial charge in [-0.25, -0.2) is 0 Å². The van der Waals surface area contributed by atoms with E-state index in [2.05, 4.69) is 6.08 Å². The summed E-state index contributed by atoms with van der Waals surface area (Å²) in [5.74, 6) is 0.680. The maximum absolute atomic E-state index is 11.5. The van der Waals surface area contributed by atoms with Gasteiger partial charge >= 0.3 is 0 Å². The van der Waals surface area contributed by atoms with E-state index < -0.39 is 0 Å². The first-order valence-electron chi connectivity index (χ1n) is 8.43. The Morgan fingerprint density at radius 3 is 2.73 bits per heavy atom. The van der Waals surface area contributed by atoms with Crippen molar-refractivity contribution in [1.82, 2.24) is 4.90 Å². The minimum atomic E-state index is -0.179. The Morgan fingerprint density at radius 2 is 2.04 bits per heavy atom. The van der Waals surface area contributed by atoms with Gasteiger partial charge in [0.2, 0.25) is 6.41 Å². The fourth-order valence-corrected chi connectivity index (χ4v) is 3.29. The quantitative estimate of drug-likeness (QED) is 0.602. The summed E-state index contributed by atoms with van der Waals surface area (Å²) in [5.41, 5.74) is 9.76. The van der Waals surface area contributed by atoms with Gasteiger partial charge in [-0.1, -0.05) is 29.8 Å². The van der Waals surface area contributed by atoms with E-state index in [1.54, 1.807) is 17.0 Å². The Labute approximate surface area is 157 Å². The van der Waals surface area contributed by atoms with Crippen molar-refractivity contribution in [1.29, 1.82) is 0 Å². The maximum atomic E-state index is 11.5. The number of nitrogens with zero attached hydrogens (tertiary/aromatic N) is 1. The molecular formula is C20H21ClN2O3. The van der Waals surface area contributed by atoms with E-state index in [1.807, 2.05) is 30.3 Å². The van der Waals surface area contributed by atoms with Crippen LogP contribution in [0.4, 0.5) is 5.69 Å². The molecule has 1 aliphatic rings. The molecule has 0 bridgehead atoms. The van der Waals surface area contributed by atoms with Crippen molar-refractivity contribution in [3.63, 3.8) is 0 Å². The minimum absolute atomic E-state index is 0.0313. The van der Waals surface area contributed by atoms with Gasteiger partial charge in [-0.15, -0.1) is 0 Å². The summed E-state index contributed by atoms with van der Waals surface area (Å²) < 4.78 is 5.39. The third-order valence-electron chi connectivity index (χ3n) is 4.43. The number of carbonyl (C=O) groups is 1. The van der Waals surface area contributed by atoms with Crippen molar-refractivity contribution in [3.05, 3.63) is 64.7 Å². The van der Waals surface area contributed by atoms with Gasteiger partial charge in [-0.2, -0.15) is 0 Å². The molecule has 1 atom stereocenters. The molecule has 0 aromatic heterocycles. The number of rotatable bonds is 6. The number of aliphatic hydroxyl groups excluding tert-OH is 1. The Hall–Kier alpha value is -2.50. The number of nitrogens with two attached hydrogens (primary N) is 1. The molecule has 136 valence electrons. The highest BCUT2D eigenvalue weighted by Gasteiger charge is 2.24. The van der Waals surface area contributed by atoms with Gasteiger partial charge in [0.05, 0.1) is 12.6 Å². The lowest BCUT2D eigenvalue weighted by molar-refractivity contribution is -0.119. The van der Waals surface area contributed by atoms with Crippen molar-refractivity contribution >= 4 is 29.3 Å². The van der Waals surface area contributed by atoms with Gasteiger partial charge in [-0.05, 0) is 47.9 Å². The van der Waals surface area contributed by atoms with Crippen LogP contribution in [-0.2, 0) is 4.79 Å². The van der Waals surface area contributed by atoms with Crippen LogP contribution in [0.3, 0.4) is 0 Å². The molecule has 3 rings (SSSR count). The van der Waals surface area contributed by atoms with Crippen molar-refractivity contribution in [2.45, 2.75) is 12.5 Å². The summed E-state index contributed by atoms with van der Waals surface area (Å²) in [6.07, 6.45) is 3.65. The Kier molecular flexibility index (Phi) is 5.81. The second kappa shape index (κ2) is 8.25. The predicted molar refractivity (Wildman–Crippen MR) is 103 cm³/mol. The molecule has 2 aromatic carbocycles. The topological polar surface area (TPSA) is 75.8 Å². The molecule has 26 heavy (non-hydrogen) atoms. The van der Waals surface area contributed by atoms with Crippen LogP contribution in [0.5, 0.6) is 5.75 Å².